The molecule has 0 spiro atoms. The second-order valence-corrected chi connectivity index (χ2v) is 4.10. The Kier molecular flexibility index (Phi) is 2.59. The largest absolute Gasteiger partial charge is 0.295 e. The molecule has 0 amide bonds. The summed E-state index contributed by atoms with van der Waals surface area (Å²) in [6.45, 7) is 5.93. The van der Waals surface area contributed by atoms with E-state index in [0.29, 0.717) is 0 Å². The van der Waals surface area contributed by atoms with Crippen molar-refractivity contribution in [3.63, 3.8) is 0 Å². The Bertz CT molecular complexity index is 459. The van der Waals surface area contributed by atoms with E-state index >= 15 is 0 Å². The highest BCUT2D eigenvalue weighted by Crippen LogP contribution is 2.23. The molecule has 0 saturated carbocycles. The lowest BCUT2D eigenvalue weighted by Crippen LogP contribution is -1.88. The summed E-state index contributed by atoms with van der Waals surface area (Å²) in [5, 5.41) is 1.02. The van der Waals surface area contributed by atoms with E-state index in [4.69, 9.17) is 0 Å². The molecular weight excluding hydrogens is 192 g/mol. The predicted octanol–water partition coefficient (Wildman–Crippen LogP) is 3.25. The second-order valence-electron chi connectivity index (χ2n) is 2.87. The first kappa shape index (κ1) is 9.34. The van der Waals surface area contributed by atoms with Crippen LogP contribution in [0.15, 0.2) is 36.0 Å². The standard InChI is InChI=1S/C11H12N2S/c1-3-13-10-8-6-5-7-9(10)12-11(13)14-4-2/h3,5-8H,1,4H2,2H3. The van der Waals surface area contributed by atoms with E-state index in [2.05, 4.69) is 24.6 Å². The molecule has 0 bridgehead atoms. The zero-order valence-corrected chi connectivity index (χ0v) is 8.92. The van der Waals surface area contributed by atoms with E-state index < -0.39 is 0 Å². The van der Waals surface area contributed by atoms with Gasteiger partial charge in [0.05, 0.1) is 11.0 Å². The molecule has 0 atom stereocenters. The third-order valence-corrected chi connectivity index (χ3v) is 2.85. The molecule has 2 aromatic rings. The minimum absolute atomic E-state index is 1.02. The fourth-order valence-electron chi connectivity index (χ4n) is 1.43. The predicted molar refractivity (Wildman–Crippen MR) is 62.5 cm³/mol. The van der Waals surface area contributed by atoms with Gasteiger partial charge in [-0.3, -0.25) is 4.57 Å². The van der Waals surface area contributed by atoms with Crippen molar-refractivity contribution in [1.29, 1.82) is 0 Å². The van der Waals surface area contributed by atoms with E-state index in [-0.39, 0.29) is 0 Å². The number of hydrogen-bond acceptors (Lipinski definition) is 2. The van der Waals surface area contributed by atoms with Crippen LogP contribution in [0.2, 0.25) is 0 Å². The van der Waals surface area contributed by atoms with E-state index in [0.717, 1.165) is 21.9 Å². The van der Waals surface area contributed by atoms with Gasteiger partial charge in [-0.25, -0.2) is 4.98 Å². The summed E-state index contributed by atoms with van der Waals surface area (Å²) in [7, 11) is 0. The first-order valence-electron chi connectivity index (χ1n) is 4.59. The third-order valence-electron chi connectivity index (χ3n) is 2.02. The summed E-state index contributed by atoms with van der Waals surface area (Å²) >= 11 is 1.73. The molecular formula is C11H12N2S. The van der Waals surface area contributed by atoms with Crippen molar-refractivity contribution in [2.24, 2.45) is 0 Å². The highest BCUT2D eigenvalue weighted by Gasteiger charge is 2.06. The number of benzene rings is 1. The minimum Gasteiger partial charge on any atom is -0.295 e. The molecule has 0 fully saturated rings. The molecule has 0 aliphatic rings. The van der Waals surface area contributed by atoms with Crippen molar-refractivity contribution >= 4 is 29.0 Å². The van der Waals surface area contributed by atoms with Crippen LogP contribution in [-0.2, 0) is 0 Å². The highest BCUT2D eigenvalue weighted by molar-refractivity contribution is 7.99. The number of nitrogens with zero attached hydrogens (tertiary/aromatic N) is 2. The monoisotopic (exact) mass is 204 g/mol. The zero-order chi connectivity index (χ0) is 9.97. The molecule has 1 aromatic carbocycles. The first-order valence-corrected chi connectivity index (χ1v) is 5.57. The fraction of sp³-hybridized carbons (Fsp3) is 0.182. The molecule has 0 aliphatic carbocycles. The number of rotatable bonds is 3. The Labute approximate surface area is 87.6 Å². The Morgan fingerprint density at radius 3 is 3.00 bits per heavy atom. The van der Waals surface area contributed by atoms with Crippen molar-refractivity contribution in [2.45, 2.75) is 12.1 Å². The van der Waals surface area contributed by atoms with Crippen LogP contribution in [0.3, 0.4) is 0 Å². The first-order chi connectivity index (χ1) is 6.86. The van der Waals surface area contributed by atoms with Crippen molar-refractivity contribution in [3.05, 3.63) is 30.8 Å². The van der Waals surface area contributed by atoms with Crippen molar-refractivity contribution in [1.82, 2.24) is 9.55 Å². The van der Waals surface area contributed by atoms with Crippen LogP contribution in [0.25, 0.3) is 17.2 Å². The van der Waals surface area contributed by atoms with E-state index in [1.54, 1.807) is 11.8 Å². The number of thioether (sulfide) groups is 1. The van der Waals surface area contributed by atoms with Gasteiger partial charge in [0.15, 0.2) is 5.16 Å². The lowest BCUT2D eigenvalue weighted by atomic mass is 10.3. The van der Waals surface area contributed by atoms with Crippen LogP contribution in [0.1, 0.15) is 6.92 Å². The average molecular weight is 204 g/mol. The zero-order valence-electron chi connectivity index (χ0n) is 8.10. The molecule has 1 aromatic heterocycles. The molecule has 0 unspecified atom stereocenters. The Morgan fingerprint density at radius 2 is 2.29 bits per heavy atom. The summed E-state index contributed by atoms with van der Waals surface area (Å²) in [5.74, 6) is 1.02. The molecule has 72 valence electrons. The van der Waals surface area contributed by atoms with Gasteiger partial charge in [0.25, 0.3) is 0 Å². The lowest BCUT2D eigenvalue weighted by molar-refractivity contribution is 0.969. The normalized spacial score (nSPS) is 10.6. The van der Waals surface area contributed by atoms with Gasteiger partial charge in [-0.1, -0.05) is 37.4 Å². The van der Waals surface area contributed by atoms with Gasteiger partial charge < -0.3 is 0 Å². The number of imidazole rings is 1. The molecule has 0 saturated heterocycles. The molecule has 2 nitrogen and oxygen atoms in total. The van der Waals surface area contributed by atoms with Gasteiger partial charge in [0.2, 0.25) is 0 Å². The number of para-hydroxylation sites is 2. The van der Waals surface area contributed by atoms with E-state index in [1.165, 1.54) is 0 Å². The fourth-order valence-corrected chi connectivity index (χ4v) is 2.16. The molecule has 1 heterocycles. The van der Waals surface area contributed by atoms with Crippen LogP contribution in [0.4, 0.5) is 0 Å². The van der Waals surface area contributed by atoms with Crippen LogP contribution in [0.5, 0.6) is 0 Å². The van der Waals surface area contributed by atoms with Gasteiger partial charge in [-0.2, -0.15) is 0 Å². The van der Waals surface area contributed by atoms with Crippen molar-refractivity contribution in [3.8, 4) is 0 Å². The van der Waals surface area contributed by atoms with Crippen LogP contribution in [0, 0.1) is 0 Å². The number of fused-ring (bicyclic) bond motifs is 1. The van der Waals surface area contributed by atoms with Gasteiger partial charge in [-0.15, -0.1) is 0 Å². The van der Waals surface area contributed by atoms with Gasteiger partial charge in [0, 0.05) is 6.20 Å². The van der Waals surface area contributed by atoms with Gasteiger partial charge in [0.1, 0.15) is 0 Å². The highest BCUT2D eigenvalue weighted by atomic mass is 32.2. The molecule has 2 rings (SSSR count). The number of hydrogen-bond donors (Lipinski definition) is 0. The summed E-state index contributed by atoms with van der Waals surface area (Å²) in [5.41, 5.74) is 2.15. The summed E-state index contributed by atoms with van der Waals surface area (Å²) in [4.78, 5) is 4.53. The van der Waals surface area contributed by atoms with Crippen LogP contribution >= 0.6 is 11.8 Å². The van der Waals surface area contributed by atoms with Gasteiger partial charge >= 0.3 is 0 Å². The molecule has 0 aliphatic heterocycles. The maximum absolute atomic E-state index is 4.53. The van der Waals surface area contributed by atoms with Crippen LogP contribution in [-0.4, -0.2) is 15.3 Å². The summed E-state index contributed by atoms with van der Waals surface area (Å²) < 4.78 is 2.03. The SMILES string of the molecule is C=Cn1c(SCC)nc2ccccc21. The van der Waals surface area contributed by atoms with Crippen molar-refractivity contribution in [2.75, 3.05) is 5.75 Å². The third kappa shape index (κ3) is 1.44. The molecule has 3 heteroatoms. The second kappa shape index (κ2) is 3.88. The van der Waals surface area contributed by atoms with E-state index in [1.807, 2.05) is 29.0 Å². The molecule has 0 N–H and O–H groups in total. The summed E-state index contributed by atoms with van der Waals surface area (Å²) in [6.07, 6.45) is 1.81. The average Bonchev–Trinajstić information content (AvgIpc) is 2.55. The molecule has 14 heavy (non-hydrogen) atoms. The quantitative estimate of drug-likeness (QED) is 0.714. The molecule has 0 radical (unpaired) electrons. The van der Waals surface area contributed by atoms with Gasteiger partial charge in [-0.05, 0) is 17.9 Å². The lowest BCUT2D eigenvalue weighted by Gasteiger charge is -1.99. The topological polar surface area (TPSA) is 17.8 Å². The Hall–Kier alpha value is -1.22. The smallest absolute Gasteiger partial charge is 0.173 e. The van der Waals surface area contributed by atoms with Crippen LogP contribution < -0.4 is 0 Å². The Morgan fingerprint density at radius 1 is 1.50 bits per heavy atom. The maximum atomic E-state index is 4.53. The maximum Gasteiger partial charge on any atom is 0.173 e. The number of aromatic nitrogens is 2. The van der Waals surface area contributed by atoms with E-state index in [9.17, 15) is 0 Å². The Balaban J connectivity index is 2.65. The minimum atomic E-state index is 1.02. The summed E-state index contributed by atoms with van der Waals surface area (Å²) in [6, 6.07) is 8.10. The van der Waals surface area contributed by atoms with Crippen molar-refractivity contribution < 1.29 is 0 Å².